The predicted molar refractivity (Wildman–Crippen MR) is 102 cm³/mol. The lowest BCUT2D eigenvalue weighted by Gasteiger charge is -2.01. The zero-order valence-electron chi connectivity index (χ0n) is 14.6. The molecule has 7 nitrogen and oxygen atoms in total. The maximum atomic E-state index is 12.5. The third kappa shape index (κ3) is 4.00. The Kier molecular flexibility index (Phi) is 5.48. The summed E-state index contributed by atoms with van der Waals surface area (Å²) in [6.07, 6.45) is 0.621. The first-order valence-corrected chi connectivity index (χ1v) is 9.73. The van der Waals surface area contributed by atoms with Crippen molar-refractivity contribution >= 4 is 39.6 Å². The standard InChI is InChI=1S/C17H18N4O3S2/c1-4-12-15(9(2)24-21-12)16(23)20-17-19-13(8-25-17)14-6-5-11(26-14)7-18-10(3)22/h5-6,8H,4,7H2,1-3H3,(H,18,22)(H,19,20,23). The number of nitrogens with zero attached hydrogens (tertiary/aromatic N) is 2. The summed E-state index contributed by atoms with van der Waals surface area (Å²) in [5.74, 6) is 0.171. The van der Waals surface area contributed by atoms with E-state index in [0.29, 0.717) is 35.1 Å². The summed E-state index contributed by atoms with van der Waals surface area (Å²) in [7, 11) is 0. The fraction of sp³-hybridized carbons (Fsp3) is 0.294. The summed E-state index contributed by atoms with van der Waals surface area (Å²) in [5, 5.41) is 11.9. The van der Waals surface area contributed by atoms with Gasteiger partial charge in [-0.25, -0.2) is 4.98 Å². The van der Waals surface area contributed by atoms with Gasteiger partial charge in [0.1, 0.15) is 11.3 Å². The van der Waals surface area contributed by atoms with Gasteiger partial charge in [-0.1, -0.05) is 12.1 Å². The van der Waals surface area contributed by atoms with Gasteiger partial charge in [-0.2, -0.15) is 0 Å². The van der Waals surface area contributed by atoms with Crippen LogP contribution in [0, 0.1) is 6.92 Å². The molecule has 2 amide bonds. The smallest absolute Gasteiger partial charge is 0.262 e. The van der Waals surface area contributed by atoms with Gasteiger partial charge < -0.3 is 9.84 Å². The minimum atomic E-state index is -0.265. The normalized spacial score (nSPS) is 10.7. The monoisotopic (exact) mass is 390 g/mol. The summed E-state index contributed by atoms with van der Waals surface area (Å²) in [6, 6.07) is 3.92. The number of amides is 2. The molecule has 0 atom stereocenters. The van der Waals surface area contributed by atoms with Crippen LogP contribution in [-0.2, 0) is 17.8 Å². The van der Waals surface area contributed by atoms with E-state index in [9.17, 15) is 9.59 Å². The minimum absolute atomic E-state index is 0.0610. The van der Waals surface area contributed by atoms with Crippen LogP contribution < -0.4 is 10.6 Å². The molecule has 2 N–H and O–H groups in total. The average Bonchev–Trinajstić information content (AvgIpc) is 3.31. The summed E-state index contributed by atoms with van der Waals surface area (Å²) >= 11 is 2.92. The maximum Gasteiger partial charge on any atom is 0.262 e. The zero-order chi connectivity index (χ0) is 18.7. The Labute approximate surface area is 158 Å². The largest absolute Gasteiger partial charge is 0.361 e. The fourth-order valence-corrected chi connectivity index (χ4v) is 4.06. The van der Waals surface area contributed by atoms with Crippen LogP contribution >= 0.6 is 22.7 Å². The van der Waals surface area contributed by atoms with E-state index in [-0.39, 0.29) is 11.8 Å². The summed E-state index contributed by atoms with van der Waals surface area (Å²) in [4.78, 5) is 30.0. The van der Waals surface area contributed by atoms with Gasteiger partial charge in [0, 0.05) is 17.2 Å². The van der Waals surface area contributed by atoms with Gasteiger partial charge >= 0.3 is 0 Å². The lowest BCUT2D eigenvalue weighted by molar-refractivity contribution is -0.119. The molecule has 0 unspecified atom stereocenters. The van der Waals surface area contributed by atoms with E-state index in [2.05, 4.69) is 20.8 Å². The highest BCUT2D eigenvalue weighted by atomic mass is 32.1. The summed E-state index contributed by atoms with van der Waals surface area (Å²) in [6.45, 7) is 5.63. The molecule has 0 bridgehead atoms. The molecule has 0 spiro atoms. The van der Waals surface area contributed by atoms with Gasteiger partial charge in [0.2, 0.25) is 5.91 Å². The number of thiophene rings is 1. The van der Waals surface area contributed by atoms with Crippen molar-refractivity contribution in [2.24, 2.45) is 0 Å². The molecule has 0 fully saturated rings. The lowest BCUT2D eigenvalue weighted by atomic mass is 10.1. The molecule has 26 heavy (non-hydrogen) atoms. The molecule has 0 radical (unpaired) electrons. The van der Waals surface area contributed by atoms with E-state index in [4.69, 9.17) is 4.52 Å². The molecular weight excluding hydrogens is 372 g/mol. The van der Waals surface area contributed by atoms with Crippen molar-refractivity contribution in [3.05, 3.63) is 39.4 Å². The highest BCUT2D eigenvalue weighted by Crippen LogP contribution is 2.31. The van der Waals surface area contributed by atoms with Gasteiger partial charge in [-0.05, 0) is 25.5 Å². The van der Waals surface area contributed by atoms with Gasteiger partial charge in [0.25, 0.3) is 5.91 Å². The Hall–Kier alpha value is -2.52. The van der Waals surface area contributed by atoms with E-state index in [1.165, 1.54) is 18.3 Å². The second-order valence-corrected chi connectivity index (χ2v) is 7.61. The molecule has 0 saturated carbocycles. The fourth-order valence-electron chi connectivity index (χ4n) is 2.38. The number of hydrogen-bond acceptors (Lipinski definition) is 7. The van der Waals surface area contributed by atoms with Gasteiger partial charge in [0.15, 0.2) is 5.13 Å². The van der Waals surface area contributed by atoms with Crippen LogP contribution in [0.4, 0.5) is 5.13 Å². The maximum absolute atomic E-state index is 12.5. The van der Waals surface area contributed by atoms with Crippen molar-refractivity contribution in [3.8, 4) is 10.6 Å². The Morgan fingerprint density at radius 3 is 2.85 bits per heavy atom. The number of carbonyl (C=O) groups is 2. The zero-order valence-corrected chi connectivity index (χ0v) is 16.2. The number of rotatable bonds is 6. The second-order valence-electron chi connectivity index (χ2n) is 5.58. The SMILES string of the molecule is CCc1noc(C)c1C(=O)Nc1nc(-c2ccc(CNC(C)=O)s2)cs1. The lowest BCUT2D eigenvalue weighted by Crippen LogP contribution is -2.17. The van der Waals surface area contributed by atoms with Crippen LogP contribution in [-0.4, -0.2) is 22.0 Å². The number of carbonyl (C=O) groups excluding carboxylic acids is 2. The predicted octanol–water partition coefficient (Wildman–Crippen LogP) is 3.62. The molecule has 0 aliphatic rings. The van der Waals surface area contributed by atoms with Crippen LogP contribution in [0.25, 0.3) is 10.6 Å². The molecule has 3 rings (SSSR count). The van der Waals surface area contributed by atoms with Crippen LogP contribution in [0.2, 0.25) is 0 Å². The van der Waals surface area contributed by atoms with Crippen molar-refractivity contribution in [2.75, 3.05) is 5.32 Å². The Bertz CT molecular complexity index is 942. The molecule has 0 aliphatic carbocycles. The second kappa shape index (κ2) is 7.79. The molecule has 9 heteroatoms. The molecule has 3 aromatic rings. The first-order valence-electron chi connectivity index (χ1n) is 8.03. The quantitative estimate of drug-likeness (QED) is 0.670. The number of aryl methyl sites for hydroxylation is 2. The Morgan fingerprint density at radius 1 is 1.31 bits per heavy atom. The summed E-state index contributed by atoms with van der Waals surface area (Å²) in [5.41, 5.74) is 1.90. The van der Waals surface area contributed by atoms with Crippen LogP contribution in [0.5, 0.6) is 0 Å². The average molecular weight is 390 g/mol. The number of thiazole rings is 1. The van der Waals surface area contributed by atoms with E-state index >= 15 is 0 Å². The van der Waals surface area contributed by atoms with Crippen LogP contribution in [0.15, 0.2) is 22.0 Å². The third-order valence-electron chi connectivity index (χ3n) is 3.65. The van der Waals surface area contributed by atoms with Crippen molar-refractivity contribution < 1.29 is 14.1 Å². The number of anilines is 1. The van der Waals surface area contributed by atoms with Gasteiger partial charge in [-0.15, -0.1) is 22.7 Å². The first kappa shape index (κ1) is 18.3. The van der Waals surface area contributed by atoms with E-state index in [0.717, 1.165) is 15.4 Å². The first-order chi connectivity index (χ1) is 12.5. The Morgan fingerprint density at radius 2 is 2.12 bits per heavy atom. The number of hydrogen-bond donors (Lipinski definition) is 2. The van der Waals surface area contributed by atoms with E-state index < -0.39 is 0 Å². The van der Waals surface area contributed by atoms with E-state index in [1.54, 1.807) is 18.3 Å². The highest BCUT2D eigenvalue weighted by Gasteiger charge is 2.20. The molecule has 3 aromatic heterocycles. The molecule has 136 valence electrons. The van der Waals surface area contributed by atoms with Crippen LogP contribution in [0.3, 0.4) is 0 Å². The van der Waals surface area contributed by atoms with Gasteiger partial charge in [0.05, 0.1) is 22.8 Å². The molecule has 0 aromatic carbocycles. The number of nitrogens with one attached hydrogen (secondary N) is 2. The topological polar surface area (TPSA) is 97.1 Å². The summed E-state index contributed by atoms with van der Waals surface area (Å²) < 4.78 is 5.11. The number of aromatic nitrogens is 2. The highest BCUT2D eigenvalue weighted by molar-refractivity contribution is 7.17. The van der Waals surface area contributed by atoms with Crippen molar-refractivity contribution in [2.45, 2.75) is 33.7 Å². The molecule has 0 aliphatic heterocycles. The molecule has 3 heterocycles. The third-order valence-corrected chi connectivity index (χ3v) is 5.51. The van der Waals surface area contributed by atoms with Crippen molar-refractivity contribution in [3.63, 3.8) is 0 Å². The van der Waals surface area contributed by atoms with Crippen LogP contribution in [0.1, 0.15) is 40.5 Å². The molecular formula is C17H18N4O3S2. The molecule has 0 saturated heterocycles. The van der Waals surface area contributed by atoms with Crippen molar-refractivity contribution in [1.29, 1.82) is 0 Å². The van der Waals surface area contributed by atoms with Gasteiger partial charge in [-0.3, -0.25) is 14.9 Å². The van der Waals surface area contributed by atoms with E-state index in [1.807, 2.05) is 24.4 Å². The Balaban J connectivity index is 1.71. The minimum Gasteiger partial charge on any atom is -0.361 e. The van der Waals surface area contributed by atoms with Crippen molar-refractivity contribution in [1.82, 2.24) is 15.5 Å².